The molecule has 1 aliphatic rings. The molecular formula is C17H14FNO5S. The Balaban J connectivity index is 1.48. The van der Waals surface area contributed by atoms with Crippen LogP contribution in [0.25, 0.3) is 0 Å². The van der Waals surface area contributed by atoms with Crippen LogP contribution in [0.1, 0.15) is 0 Å². The summed E-state index contributed by atoms with van der Waals surface area (Å²) in [7, 11) is -3.79. The van der Waals surface area contributed by atoms with Crippen LogP contribution in [0.4, 0.5) is 4.39 Å². The van der Waals surface area contributed by atoms with Gasteiger partial charge in [0.25, 0.3) is 0 Å². The smallest absolute Gasteiger partial charge is 0.241 e. The second-order valence-corrected chi connectivity index (χ2v) is 6.71. The molecule has 0 amide bonds. The predicted octanol–water partition coefficient (Wildman–Crippen LogP) is 1.92. The highest BCUT2D eigenvalue weighted by molar-refractivity contribution is 7.89. The van der Waals surface area contributed by atoms with Crippen molar-refractivity contribution in [3.05, 3.63) is 48.3 Å². The number of fused-ring (bicyclic) bond motifs is 1. The van der Waals surface area contributed by atoms with Crippen molar-refractivity contribution in [2.24, 2.45) is 0 Å². The maximum atomic E-state index is 13.1. The summed E-state index contributed by atoms with van der Waals surface area (Å²) in [5, 5.41) is 0. The molecule has 1 aliphatic heterocycles. The SMILES string of the molecule is O=S(=O)(NCC#CCOc1ccc2c(c1)OCO2)c1cccc(F)c1. The number of ether oxygens (including phenoxy) is 3. The number of rotatable bonds is 5. The van der Waals surface area contributed by atoms with Crippen molar-refractivity contribution in [2.45, 2.75) is 4.90 Å². The molecule has 0 radical (unpaired) electrons. The summed E-state index contributed by atoms with van der Waals surface area (Å²) in [6.07, 6.45) is 0. The molecule has 0 saturated carbocycles. The van der Waals surface area contributed by atoms with Gasteiger partial charge in [-0.2, -0.15) is 4.72 Å². The first-order chi connectivity index (χ1) is 12.0. The average molecular weight is 363 g/mol. The summed E-state index contributed by atoms with van der Waals surface area (Å²) in [4.78, 5) is -0.147. The summed E-state index contributed by atoms with van der Waals surface area (Å²) in [5.74, 6) is 6.54. The molecule has 0 fully saturated rings. The Morgan fingerprint density at radius 1 is 1.12 bits per heavy atom. The molecule has 0 aliphatic carbocycles. The highest BCUT2D eigenvalue weighted by Crippen LogP contribution is 2.34. The average Bonchev–Trinajstić information content (AvgIpc) is 3.05. The molecule has 3 rings (SSSR count). The van der Waals surface area contributed by atoms with Crippen LogP contribution in [0.3, 0.4) is 0 Å². The fourth-order valence-electron chi connectivity index (χ4n) is 2.05. The van der Waals surface area contributed by atoms with E-state index in [9.17, 15) is 12.8 Å². The van der Waals surface area contributed by atoms with Crippen LogP contribution in [0.2, 0.25) is 0 Å². The van der Waals surface area contributed by atoms with Crippen molar-refractivity contribution in [1.29, 1.82) is 0 Å². The Morgan fingerprint density at radius 3 is 2.80 bits per heavy atom. The van der Waals surface area contributed by atoms with Crippen LogP contribution in [0.15, 0.2) is 47.4 Å². The maximum Gasteiger partial charge on any atom is 0.241 e. The highest BCUT2D eigenvalue weighted by atomic mass is 32.2. The molecule has 0 bridgehead atoms. The van der Waals surface area contributed by atoms with Gasteiger partial charge in [0.15, 0.2) is 11.5 Å². The van der Waals surface area contributed by atoms with Crippen molar-refractivity contribution in [3.63, 3.8) is 0 Å². The van der Waals surface area contributed by atoms with Crippen LogP contribution < -0.4 is 18.9 Å². The summed E-state index contributed by atoms with van der Waals surface area (Å²) in [5.41, 5.74) is 0. The van der Waals surface area contributed by atoms with Gasteiger partial charge in [-0.15, -0.1) is 0 Å². The van der Waals surface area contributed by atoms with Crippen LogP contribution in [0, 0.1) is 17.7 Å². The summed E-state index contributed by atoms with van der Waals surface area (Å²) in [6, 6.07) is 9.90. The minimum atomic E-state index is -3.79. The normalized spacial score (nSPS) is 12.4. The van der Waals surface area contributed by atoms with Gasteiger partial charge in [-0.3, -0.25) is 0 Å². The molecule has 2 aromatic rings. The van der Waals surface area contributed by atoms with Gasteiger partial charge in [-0.05, 0) is 30.3 Å². The van der Waals surface area contributed by atoms with Crippen LogP contribution in [-0.4, -0.2) is 28.4 Å². The Labute approximate surface area is 144 Å². The van der Waals surface area contributed by atoms with Gasteiger partial charge in [0.1, 0.15) is 18.2 Å². The third-order valence-corrected chi connectivity index (χ3v) is 4.64. The zero-order valence-electron chi connectivity index (χ0n) is 13.0. The number of benzene rings is 2. The molecule has 25 heavy (non-hydrogen) atoms. The number of halogens is 1. The second-order valence-electron chi connectivity index (χ2n) is 4.94. The molecule has 8 heteroatoms. The minimum absolute atomic E-state index is 0.0847. The third kappa shape index (κ3) is 4.41. The molecule has 2 aromatic carbocycles. The molecule has 0 unspecified atom stereocenters. The molecule has 0 saturated heterocycles. The Hall–Kier alpha value is -2.76. The fourth-order valence-corrected chi connectivity index (χ4v) is 3.00. The molecule has 1 N–H and O–H groups in total. The molecule has 130 valence electrons. The monoisotopic (exact) mass is 363 g/mol. The fraction of sp³-hybridized carbons (Fsp3) is 0.176. The summed E-state index contributed by atoms with van der Waals surface area (Å²) >= 11 is 0. The minimum Gasteiger partial charge on any atom is -0.481 e. The van der Waals surface area contributed by atoms with Gasteiger partial charge in [0.05, 0.1) is 11.4 Å². The standard InChI is InChI=1S/C17H14FNO5S/c18-13-4-3-5-15(10-13)25(20,21)19-8-1-2-9-22-14-6-7-16-17(11-14)24-12-23-16/h3-7,10-11,19H,8-9,12H2. The van der Waals surface area contributed by atoms with E-state index in [1.165, 1.54) is 18.2 Å². The van der Waals surface area contributed by atoms with Gasteiger partial charge in [-0.1, -0.05) is 17.9 Å². The highest BCUT2D eigenvalue weighted by Gasteiger charge is 2.14. The van der Waals surface area contributed by atoms with Crippen LogP contribution in [0.5, 0.6) is 17.2 Å². The van der Waals surface area contributed by atoms with Crippen molar-refractivity contribution in [1.82, 2.24) is 4.72 Å². The molecule has 0 aromatic heterocycles. The lowest BCUT2D eigenvalue weighted by molar-refractivity contribution is 0.174. The van der Waals surface area contributed by atoms with Crippen molar-refractivity contribution in [3.8, 4) is 29.1 Å². The third-order valence-electron chi connectivity index (χ3n) is 3.24. The van der Waals surface area contributed by atoms with Gasteiger partial charge in [0.2, 0.25) is 16.8 Å². The number of hydrogen-bond donors (Lipinski definition) is 1. The Morgan fingerprint density at radius 2 is 1.96 bits per heavy atom. The molecule has 0 spiro atoms. The van der Waals surface area contributed by atoms with E-state index in [2.05, 4.69) is 16.6 Å². The van der Waals surface area contributed by atoms with E-state index >= 15 is 0 Å². The zero-order chi connectivity index (χ0) is 17.7. The van der Waals surface area contributed by atoms with Crippen molar-refractivity contribution >= 4 is 10.0 Å². The van der Waals surface area contributed by atoms with E-state index in [1.807, 2.05) is 0 Å². The van der Waals surface area contributed by atoms with E-state index in [1.54, 1.807) is 18.2 Å². The number of sulfonamides is 1. The van der Waals surface area contributed by atoms with E-state index in [4.69, 9.17) is 14.2 Å². The van der Waals surface area contributed by atoms with Gasteiger partial charge < -0.3 is 14.2 Å². The van der Waals surface area contributed by atoms with Gasteiger partial charge in [-0.25, -0.2) is 12.8 Å². The molecular weight excluding hydrogens is 349 g/mol. The first-order valence-corrected chi connectivity index (χ1v) is 8.76. The predicted molar refractivity (Wildman–Crippen MR) is 87.4 cm³/mol. The van der Waals surface area contributed by atoms with E-state index in [0.29, 0.717) is 17.2 Å². The van der Waals surface area contributed by atoms with E-state index in [0.717, 1.165) is 6.07 Å². The number of nitrogens with one attached hydrogen (secondary N) is 1. The first kappa shape index (κ1) is 17.1. The zero-order valence-corrected chi connectivity index (χ0v) is 13.8. The maximum absolute atomic E-state index is 13.1. The Bertz CT molecular complexity index is 934. The lowest BCUT2D eigenvalue weighted by Crippen LogP contribution is -2.24. The quantitative estimate of drug-likeness (QED) is 0.822. The second kappa shape index (κ2) is 7.42. The van der Waals surface area contributed by atoms with E-state index in [-0.39, 0.29) is 24.8 Å². The summed E-state index contributed by atoms with van der Waals surface area (Å²) in [6.45, 7) is 0.161. The topological polar surface area (TPSA) is 73.9 Å². The molecule has 6 nitrogen and oxygen atoms in total. The van der Waals surface area contributed by atoms with E-state index < -0.39 is 15.8 Å². The van der Waals surface area contributed by atoms with Crippen molar-refractivity contribution in [2.75, 3.05) is 19.9 Å². The number of hydrogen-bond acceptors (Lipinski definition) is 5. The van der Waals surface area contributed by atoms with Crippen LogP contribution in [-0.2, 0) is 10.0 Å². The van der Waals surface area contributed by atoms with Crippen LogP contribution >= 0.6 is 0 Å². The molecule has 1 heterocycles. The van der Waals surface area contributed by atoms with Crippen molar-refractivity contribution < 1.29 is 27.0 Å². The lowest BCUT2D eigenvalue weighted by atomic mass is 10.3. The first-order valence-electron chi connectivity index (χ1n) is 7.28. The Kier molecular flexibility index (Phi) is 5.07. The molecule has 0 atom stereocenters. The largest absolute Gasteiger partial charge is 0.481 e. The lowest BCUT2D eigenvalue weighted by Gasteiger charge is -2.04. The van der Waals surface area contributed by atoms with Gasteiger partial charge >= 0.3 is 0 Å². The van der Waals surface area contributed by atoms with Gasteiger partial charge in [0, 0.05) is 6.07 Å². The summed E-state index contributed by atoms with van der Waals surface area (Å²) < 4.78 is 55.1.